The van der Waals surface area contributed by atoms with Gasteiger partial charge in [0.15, 0.2) is 0 Å². The second-order valence-corrected chi connectivity index (χ2v) is 13.0. The standard InChI is InChI=1S/C34H42N6O4/c1-3-34(11-15-36-16-12-34)32(44)39-17-13-33(2,14-18-39)37-21-22(20-35)19-23-7-8-26-29-24(23)5-4-6-25(29)31(43)40(26)27-9-10-28(41)38-30(27)42/h4-8,20-21,27,36H,3,9-19,35H2,1-2H3,(H,38,41,42). The van der Waals surface area contributed by atoms with E-state index < -0.39 is 11.9 Å². The lowest BCUT2D eigenvalue weighted by Crippen LogP contribution is -2.53. The molecule has 0 aromatic heterocycles. The molecule has 10 nitrogen and oxygen atoms in total. The number of anilines is 1. The van der Waals surface area contributed by atoms with Gasteiger partial charge in [0.2, 0.25) is 17.7 Å². The molecule has 2 aromatic carbocycles. The second-order valence-electron chi connectivity index (χ2n) is 13.0. The van der Waals surface area contributed by atoms with Gasteiger partial charge in [-0.25, -0.2) is 0 Å². The van der Waals surface area contributed by atoms with Gasteiger partial charge in [0.25, 0.3) is 5.91 Å². The summed E-state index contributed by atoms with van der Waals surface area (Å²) in [6.07, 6.45) is 8.75. The van der Waals surface area contributed by atoms with E-state index in [2.05, 4.69) is 29.4 Å². The van der Waals surface area contributed by atoms with Crippen molar-refractivity contribution in [3.63, 3.8) is 0 Å². The first kappa shape index (κ1) is 30.0. The highest BCUT2D eigenvalue weighted by Gasteiger charge is 2.43. The van der Waals surface area contributed by atoms with Crippen molar-refractivity contribution in [3.05, 3.63) is 53.2 Å². The average Bonchev–Trinajstić information content (AvgIpc) is 3.32. The van der Waals surface area contributed by atoms with E-state index in [4.69, 9.17) is 10.7 Å². The number of aliphatic imine (C=N–C) groups is 1. The van der Waals surface area contributed by atoms with Crippen LogP contribution in [0.15, 0.2) is 47.1 Å². The maximum absolute atomic E-state index is 13.5. The highest BCUT2D eigenvalue weighted by molar-refractivity contribution is 6.27. The number of piperidine rings is 3. The number of nitrogens with zero attached hydrogens (tertiary/aromatic N) is 3. The van der Waals surface area contributed by atoms with Gasteiger partial charge in [-0.1, -0.05) is 25.1 Å². The topological polar surface area (TPSA) is 137 Å². The number of imide groups is 1. The van der Waals surface area contributed by atoms with E-state index in [9.17, 15) is 19.2 Å². The van der Waals surface area contributed by atoms with E-state index in [0.29, 0.717) is 43.1 Å². The van der Waals surface area contributed by atoms with Crippen LogP contribution in [0, 0.1) is 5.41 Å². The lowest BCUT2D eigenvalue weighted by atomic mass is 9.74. The summed E-state index contributed by atoms with van der Waals surface area (Å²) in [6.45, 7) is 7.49. The van der Waals surface area contributed by atoms with Gasteiger partial charge in [-0.2, -0.15) is 0 Å². The summed E-state index contributed by atoms with van der Waals surface area (Å²) in [7, 11) is 0. The molecule has 1 unspecified atom stereocenters. The van der Waals surface area contributed by atoms with E-state index in [0.717, 1.165) is 67.1 Å². The summed E-state index contributed by atoms with van der Waals surface area (Å²) in [6, 6.07) is 8.79. The normalized spacial score (nSPS) is 23.5. The quantitative estimate of drug-likeness (QED) is 0.331. The molecule has 0 bridgehead atoms. The number of carbonyl (C=O) groups excluding carboxylic acids is 4. The molecule has 3 saturated heterocycles. The fourth-order valence-electron chi connectivity index (χ4n) is 7.34. The van der Waals surface area contributed by atoms with Crippen molar-refractivity contribution in [1.82, 2.24) is 15.5 Å². The van der Waals surface area contributed by atoms with Crippen LogP contribution < -0.4 is 21.3 Å². The van der Waals surface area contributed by atoms with Crippen LogP contribution in [0.3, 0.4) is 0 Å². The van der Waals surface area contributed by atoms with E-state index in [-0.39, 0.29) is 29.2 Å². The number of nitrogens with one attached hydrogen (secondary N) is 2. The summed E-state index contributed by atoms with van der Waals surface area (Å²) < 4.78 is 0. The third-order valence-corrected chi connectivity index (χ3v) is 10.3. The van der Waals surface area contributed by atoms with Gasteiger partial charge in [-0.15, -0.1) is 0 Å². The van der Waals surface area contributed by atoms with Crippen LogP contribution in [-0.2, 0) is 20.8 Å². The summed E-state index contributed by atoms with van der Waals surface area (Å²) in [5, 5.41) is 7.50. The number of likely N-dealkylation sites (tertiary alicyclic amines) is 1. The molecule has 4 amide bonds. The second kappa shape index (κ2) is 11.8. The third-order valence-electron chi connectivity index (χ3n) is 10.3. The number of amides is 4. The van der Waals surface area contributed by atoms with Crippen LogP contribution in [0.4, 0.5) is 5.69 Å². The first-order valence-corrected chi connectivity index (χ1v) is 15.9. The van der Waals surface area contributed by atoms with Gasteiger partial charge < -0.3 is 16.0 Å². The Labute approximate surface area is 258 Å². The monoisotopic (exact) mass is 598 g/mol. The molecular formula is C34H42N6O4. The van der Waals surface area contributed by atoms with Gasteiger partial charge in [0.1, 0.15) is 6.04 Å². The fraction of sp³-hybridized carbons (Fsp3) is 0.500. The van der Waals surface area contributed by atoms with Crippen molar-refractivity contribution < 1.29 is 19.2 Å². The van der Waals surface area contributed by atoms with Crippen molar-refractivity contribution in [2.24, 2.45) is 16.1 Å². The molecule has 6 rings (SSSR count). The molecule has 0 spiro atoms. The van der Waals surface area contributed by atoms with E-state index in [1.54, 1.807) is 12.3 Å². The fourth-order valence-corrected chi connectivity index (χ4v) is 7.34. The van der Waals surface area contributed by atoms with Crippen LogP contribution in [0.25, 0.3) is 10.8 Å². The van der Waals surface area contributed by atoms with E-state index in [1.807, 2.05) is 30.5 Å². The zero-order valence-electron chi connectivity index (χ0n) is 25.7. The Morgan fingerprint density at radius 3 is 2.52 bits per heavy atom. The van der Waals surface area contributed by atoms with Crippen LogP contribution in [0.2, 0.25) is 0 Å². The Bertz CT molecular complexity index is 1560. The van der Waals surface area contributed by atoms with E-state index in [1.165, 1.54) is 4.90 Å². The first-order valence-electron chi connectivity index (χ1n) is 15.9. The Morgan fingerprint density at radius 1 is 1.09 bits per heavy atom. The minimum Gasteiger partial charge on any atom is -0.404 e. The minimum absolute atomic E-state index is 0.201. The Balaban J connectivity index is 1.16. The van der Waals surface area contributed by atoms with Crippen LogP contribution in [0.5, 0.6) is 0 Å². The molecule has 0 saturated carbocycles. The molecule has 0 aliphatic carbocycles. The molecule has 4 aliphatic rings. The molecule has 0 radical (unpaired) electrons. The summed E-state index contributed by atoms with van der Waals surface area (Å²) >= 11 is 0. The van der Waals surface area contributed by atoms with Gasteiger partial charge in [-0.3, -0.25) is 34.4 Å². The van der Waals surface area contributed by atoms with Crippen LogP contribution >= 0.6 is 0 Å². The lowest BCUT2D eigenvalue weighted by molar-refractivity contribution is -0.145. The summed E-state index contributed by atoms with van der Waals surface area (Å²) in [5.74, 6) is -0.675. The number of carbonyl (C=O) groups is 4. The number of benzene rings is 2. The van der Waals surface area contributed by atoms with Crippen LogP contribution in [-0.4, -0.2) is 72.5 Å². The summed E-state index contributed by atoms with van der Waals surface area (Å²) in [5.41, 5.74) is 8.68. The number of hydrogen-bond acceptors (Lipinski definition) is 7. The third kappa shape index (κ3) is 5.29. The molecule has 1 atom stereocenters. The number of hydrogen-bond donors (Lipinski definition) is 3. The van der Waals surface area contributed by atoms with Crippen molar-refractivity contribution in [3.8, 4) is 0 Å². The first-order chi connectivity index (χ1) is 21.2. The van der Waals surface area contributed by atoms with Gasteiger partial charge in [-0.05, 0) is 93.4 Å². The summed E-state index contributed by atoms with van der Waals surface area (Å²) in [4.78, 5) is 60.0. The van der Waals surface area contributed by atoms with Gasteiger partial charge in [0, 0.05) is 43.1 Å². The number of rotatable bonds is 7. The molecular weight excluding hydrogens is 556 g/mol. The highest BCUT2D eigenvalue weighted by atomic mass is 16.2. The van der Waals surface area contributed by atoms with Gasteiger partial charge >= 0.3 is 0 Å². The minimum atomic E-state index is -0.720. The molecule has 4 heterocycles. The average molecular weight is 599 g/mol. The SMILES string of the molecule is CCC1(C(=O)N2CCC(C)(N=CC(=CN)Cc3ccc4c5c(cccc35)C(=O)N4C3CCC(=O)NC3=O)CC2)CCNCC1. The molecule has 4 N–H and O–H groups in total. The smallest absolute Gasteiger partial charge is 0.259 e. The maximum Gasteiger partial charge on any atom is 0.259 e. The van der Waals surface area contributed by atoms with Crippen molar-refractivity contribution in [1.29, 1.82) is 0 Å². The predicted molar refractivity (Wildman–Crippen MR) is 170 cm³/mol. The molecule has 2 aromatic rings. The largest absolute Gasteiger partial charge is 0.404 e. The zero-order chi connectivity index (χ0) is 31.1. The Morgan fingerprint density at radius 2 is 1.84 bits per heavy atom. The van der Waals surface area contributed by atoms with E-state index >= 15 is 0 Å². The number of allylic oxidation sites excluding steroid dienone is 1. The maximum atomic E-state index is 13.5. The molecule has 3 fully saturated rings. The number of nitrogens with two attached hydrogens (primary N) is 1. The van der Waals surface area contributed by atoms with Crippen molar-refractivity contribution in [2.45, 2.75) is 76.8 Å². The van der Waals surface area contributed by atoms with Crippen molar-refractivity contribution in [2.75, 3.05) is 31.1 Å². The molecule has 44 heavy (non-hydrogen) atoms. The van der Waals surface area contributed by atoms with Gasteiger partial charge in [0.05, 0.1) is 16.6 Å². The molecule has 10 heteroatoms. The predicted octanol–water partition coefficient (Wildman–Crippen LogP) is 3.22. The lowest BCUT2D eigenvalue weighted by Gasteiger charge is -2.43. The zero-order valence-corrected chi connectivity index (χ0v) is 25.7. The molecule has 232 valence electrons. The Hall–Kier alpha value is -4.05. The van der Waals surface area contributed by atoms with Crippen LogP contribution in [0.1, 0.15) is 74.7 Å². The highest BCUT2D eigenvalue weighted by Crippen LogP contribution is 2.42. The Kier molecular flexibility index (Phi) is 8.04. The molecule has 4 aliphatic heterocycles. The van der Waals surface area contributed by atoms with Crippen molar-refractivity contribution >= 4 is 46.3 Å².